The summed E-state index contributed by atoms with van der Waals surface area (Å²) in [5.74, 6) is 3.90. The quantitative estimate of drug-likeness (QED) is 0.290. The molecule has 2 aromatic carbocycles. The van der Waals surface area contributed by atoms with E-state index >= 15 is 0 Å². The Hall–Kier alpha value is -2.83. The van der Waals surface area contributed by atoms with E-state index in [1.165, 1.54) is 62.6 Å². The van der Waals surface area contributed by atoms with E-state index in [0.717, 1.165) is 43.1 Å². The second-order valence-electron chi connectivity index (χ2n) is 11.9. The highest BCUT2D eigenvalue weighted by Gasteiger charge is 2.50. The van der Waals surface area contributed by atoms with Gasteiger partial charge in [-0.2, -0.15) is 0 Å². The molecular formula is C31H38N2O4. The van der Waals surface area contributed by atoms with Crippen molar-refractivity contribution in [3.63, 3.8) is 0 Å². The van der Waals surface area contributed by atoms with Crippen LogP contribution in [0.15, 0.2) is 53.3 Å². The van der Waals surface area contributed by atoms with Crippen LogP contribution in [0.3, 0.4) is 0 Å². The van der Waals surface area contributed by atoms with Crippen molar-refractivity contribution < 1.29 is 14.9 Å². The number of phenols is 1. The highest BCUT2D eigenvalue weighted by atomic mass is 16.5. The van der Waals surface area contributed by atoms with Crippen LogP contribution in [-0.2, 0) is 6.42 Å². The summed E-state index contributed by atoms with van der Waals surface area (Å²) in [7, 11) is 0. The highest BCUT2D eigenvalue weighted by Crippen LogP contribution is 2.61. The first kappa shape index (κ1) is 24.5. The minimum absolute atomic E-state index is 0.00311. The van der Waals surface area contributed by atoms with Crippen LogP contribution in [0.25, 0.3) is 10.9 Å². The molecule has 0 unspecified atom stereocenters. The standard InChI is InChI=1S/C31H38N2O4/c34-27-6-4-25(26-5-7-29(36)33-30(26)27)28(35)19-32-10-8-20-2-1-3-24(15-20)37-11-9-31-16-21-12-22(17-31)14-23(13-21)18-31/h1-7,15,21-23,28,32,34-35H,8-14,16-19H2,(H,33,36)/t21?,22?,23?,28-,31?/m0/s1. The van der Waals surface area contributed by atoms with Gasteiger partial charge in [-0.1, -0.05) is 18.2 Å². The molecule has 4 fully saturated rings. The van der Waals surface area contributed by atoms with Crippen LogP contribution < -0.4 is 15.6 Å². The van der Waals surface area contributed by atoms with E-state index in [1.807, 2.05) is 0 Å². The third-order valence-electron chi connectivity index (χ3n) is 9.16. The van der Waals surface area contributed by atoms with Gasteiger partial charge >= 0.3 is 0 Å². The van der Waals surface area contributed by atoms with Crippen LogP contribution in [0.4, 0.5) is 0 Å². The van der Waals surface area contributed by atoms with Crippen LogP contribution in [0, 0.1) is 23.2 Å². The molecule has 1 aromatic heterocycles. The fourth-order valence-electron chi connectivity index (χ4n) is 7.90. The SMILES string of the molecule is O=c1ccc2c([C@@H](O)CNCCc3cccc(OCCC45CC6CC(CC(C6)C4)C5)c3)ccc(O)c2[nH]1. The molecule has 37 heavy (non-hydrogen) atoms. The van der Waals surface area contributed by atoms with Gasteiger partial charge in [0.2, 0.25) is 5.56 Å². The fraction of sp³-hybridized carbons (Fsp3) is 0.516. The van der Waals surface area contributed by atoms with Crippen molar-refractivity contribution >= 4 is 10.9 Å². The molecule has 4 saturated carbocycles. The predicted molar refractivity (Wildman–Crippen MR) is 145 cm³/mol. The number of hydrogen-bond acceptors (Lipinski definition) is 5. The van der Waals surface area contributed by atoms with E-state index in [2.05, 4.69) is 34.6 Å². The summed E-state index contributed by atoms with van der Waals surface area (Å²) in [6.45, 7) is 1.91. The van der Waals surface area contributed by atoms with Gasteiger partial charge in [0, 0.05) is 18.0 Å². The summed E-state index contributed by atoms with van der Waals surface area (Å²) in [5.41, 5.74) is 2.50. The van der Waals surface area contributed by atoms with Gasteiger partial charge in [0.1, 0.15) is 11.5 Å². The minimum Gasteiger partial charge on any atom is -0.506 e. The van der Waals surface area contributed by atoms with Crippen LogP contribution in [-0.4, -0.2) is 34.9 Å². The van der Waals surface area contributed by atoms with Crippen LogP contribution in [0.1, 0.15) is 62.2 Å². The summed E-state index contributed by atoms with van der Waals surface area (Å²) < 4.78 is 6.24. The number of aromatic amines is 1. The first-order chi connectivity index (χ1) is 18.0. The molecule has 0 amide bonds. The van der Waals surface area contributed by atoms with Crippen molar-refractivity contribution in [2.24, 2.45) is 23.2 Å². The van der Waals surface area contributed by atoms with E-state index in [0.29, 0.717) is 28.4 Å². The zero-order valence-electron chi connectivity index (χ0n) is 21.4. The maximum atomic E-state index is 11.6. The second kappa shape index (κ2) is 10.1. The van der Waals surface area contributed by atoms with Gasteiger partial charge in [-0.3, -0.25) is 4.79 Å². The lowest BCUT2D eigenvalue weighted by Crippen LogP contribution is -2.46. The number of hydrogen-bond donors (Lipinski definition) is 4. The lowest BCUT2D eigenvalue weighted by atomic mass is 9.49. The van der Waals surface area contributed by atoms with Crippen molar-refractivity contribution in [3.05, 3.63) is 70.0 Å². The summed E-state index contributed by atoms with van der Waals surface area (Å²) >= 11 is 0. The Morgan fingerprint density at radius 3 is 2.54 bits per heavy atom. The number of aliphatic hydroxyl groups excluding tert-OH is 1. The molecule has 0 aliphatic heterocycles. The first-order valence-corrected chi connectivity index (χ1v) is 13.9. The number of pyridine rings is 1. The lowest BCUT2D eigenvalue weighted by Gasteiger charge is -2.57. The number of H-pyrrole nitrogens is 1. The Morgan fingerprint density at radius 1 is 1.03 bits per heavy atom. The van der Waals surface area contributed by atoms with Gasteiger partial charge in [-0.05, 0) is 116 Å². The normalized spacial score (nSPS) is 27.0. The average Bonchev–Trinajstić information content (AvgIpc) is 2.86. The molecule has 0 radical (unpaired) electrons. The monoisotopic (exact) mass is 502 g/mol. The average molecular weight is 503 g/mol. The molecule has 4 bridgehead atoms. The Morgan fingerprint density at radius 2 is 1.78 bits per heavy atom. The Bertz CT molecular complexity index is 1280. The molecule has 1 heterocycles. The molecule has 7 rings (SSSR count). The highest BCUT2D eigenvalue weighted by molar-refractivity contribution is 5.87. The molecule has 0 spiro atoms. The number of benzene rings is 2. The van der Waals surface area contributed by atoms with E-state index < -0.39 is 6.10 Å². The van der Waals surface area contributed by atoms with Crippen molar-refractivity contribution in [1.29, 1.82) is 0 Å². The van der Waals surface area contributed by atoms with Gasteiger partial charge in [-0.15, -0.1) is 0 Å². The van der Waals surface area contributed by atoms with E-state index in [1.54, 1.807) is 12.1 Å². The molecule has 0 saturated heterocycles. The Labute approximate surface area is 218 Å². The van der Waals surface area contributed by atoms with Gasteiger partial charge < -0.3 is 25.3 Å². The molecule has 6 nitrogen and oxygen atoms in total. The summed E-state index contributed by atoms with van der Waals surface area (Å²) in [5, 5.41) is 24.8. The third kappa shape index (κ3) is 5.27. The van der Waals surface area contributed by atoms with Crippen LogP contribution in [0.5, 0.6) is 11.5 Å². The number of phenolic OH excluding ortho intramolecular Hbond substituents is 1. The van der Waals surface area contributed by atoms with E-state index in [9.17, 15) is 15.0 Å². The molecule has 4 aliphatic carbocycles. The molecule has 4 N–H and O–H groups in total. The Kier molecular flexibility index (Phi) is 6.72. The fourth-order valence-corrected chi connectivity index (χ4v) is 7.90. The molecule has 6 heteroatoms. The lowest BCUT2D eigenvalue weighted by molar-refractivity contribution is -0.0622. The Balaban J connectivity index is 0.982. The number of fused-ring (bicyclic) bond motifs is 1. The van der Waals surface area contributed by atoms with Gasteiger partial charge in [-0.25, -0.2) is 0 Å². The number of nitrogens with one attached hydrogen (secondary N) is 2. The zero-order chi connectivity index (χ0) is 25.4. The van der Waals surface area contributed by atoms with Crippen molar-refractivity contribution in [2.45, 2.75) is 57.5 Å². The van der Waals surface area contributed by atoms with Gasteiger partial charge in [0.15, 0.2) is 0 Å². The molecule has 196 valence electrons. The number of aromatic hydroxyl groups is 1. The van der Waals surface area contributed by atoms with Crippen molar-refractivity contribution in [2.75, 3.05) is 19.7 Å². The number of rotatable bonds is 10. The maximum absolute atomic E-state index is 11.6. The largest absolute Gasteiger partial charge is 0.506 e. The number of aromatic nitrogens is 1. The maximum Gasteiger partial charge on any atom is 0.248 e. The molecule has 1 atom stereocenters. The topological polar surface area (TPSA) is 94.6 Å². The smallest absolute Gasteiger partial charge is 0.248 e. The number of ether oxygens (including phenoxy) is 1. The summed E-state index contributed by atoms with van der Waals surface area (Å²) in [6.07, 6.45) is 10.0. The van der Waals surface area contributed by atoms with Crippen molar-refractivity contribution in [3.8, 4) is 11.5 Å². The minimum atomic E-state index is -0.756. The third-order valence-corrected chi connectivity index (χ3v) is 9.16. The molecule has 3 aromatic rings. The van der Waals surface area contributed by atoms with Gasteiger partial charge in [0.25, 0.3) is 0 Å². The molecule has 4 aliphatic rings. The molecular weight excluding hydrogens is 464 g/mol. The predicted octanol–water partition coefficient (Wildman–Crippen LogP) is 5.08. The zero-order valence-corrected chi connectivity index (χ0v) is 21.4. The van der Waals surface area contributed by atoms with E-state index in [-0.39, 0.29) is 11.3 Å². The summed E-state index contributed by atoms with van der Waals surface area (Å²) in [4.78, 5) is 14.3. The van der Waals surface area contributed by atoms with E-state index in [4.69, 9.17) is 4.74 Å². The van der Waals surface area contributed by atoms with Crippen LogP contribution in [0.2, 0.25) is 0 Å². The van der Waals surface area contributed by atoms with Gasteiger partial charge in [0.05, 0.1) is 18.2 Å². The summed E-state index contributed by atoms with van der Waals surface area (Å²) in [6, 6.07) is 14.6. The first-order valence-electron chi connectivity index (χ1n) is 13.9. The number of aliphatic hydroxyl groups is 1. The van der Waals surface area contributed by atoms with Crippen molar-refractivity contribution in [1.82, 2.24) is 10.3 Å². The second-order valence-corrected chi connectivity index (χ2v) is 11.9. The van der Waals surface area contributed by atoms with Crippen LogP contribution >= 0.6 is 0 Å².